The van der Waals surface area contributed by atoms with Crippen molar-refractivity contribution < 1.29 is 0 Å². The second kappa shape index (κ2) is 7.23. The first-order valence-electron chi connectivity index (χ1n) is 6.94. The largest absolute Gasteiger partial charge is 0.366 e. The highest BCUT2D eigenvalue weighted by atomic mass is 79.9. The maximum Gasteiger partial charge on any atom is 0.112 e. The van der Waals surface area contributed by atoms with Gasteiger partial charge in [0.2, 0.25) is 0 Å². The van der Waals surface area contributed by atoms with E-state index in [0.29, 0.717) is 11.9 Å². The molecule has 3 nitrogen and oxygen atoms in total. The first kappa shape index (κ1) is 15.5. The van der Waals surface area contributed by atoms with E-state index >= 15 is 0 Å². The van der Waals surface area contributed by atoms with Crippen LogP contribution in [0.5, 0.6) is 0 Å². The van der Waals surface area contributed by atoms with Gasteiger partial charge in [-0.3, -0.25) is 9.97 Å². The van der Waals surface area contributed by atoms with E-state index in [9.17, 15) is 0 Å². The van der Waals surface area contributed by atoms with Crippen LogP contribution in [0.15, 0.2) is 29.0 Å². The molecule has 2 aromatic heterocycles. The van der Waals surface area contributed by atoms with Gasteiger partial charge in [0.1, 0.15) is 5.52 Å². The van der Waals surface area contributed by atoms with Crippen molar-refractivity contribution in [1.82, 2.24) is 9.97 Å². The highest BCUT2D eigenvalue weighted by molar-refractivity contribution is 9.10. The molecular formula is C15H19BrClN3. The highest BCUT2D eigenvalue weighted by Crippen LogP contribution is 2.28. The Labute approximate surface area is 133 Å². The number of fused-ring (bicyclic) bond motifs is 1. The van der Waals surface area contributed by atoms with Crippen molar-refractivity contribution in [3.63, 3.8) is 0 Å². The van der Waals surface area contributed by atoms with Crippen molar-refractivity contribution in [2.75, 3.05) is 17.3 Å². The summed E-state index contributed by atoms with van der Waals surface area (Å²) in [6.45, 7) is 5.25. The van der Waals surface area contributed by atoms with E-state index < -0.39 is 0 Å². The van der Waals surface area contributed by atoms with Crippen LogP contribution in [0.1, 0.15) is 26.7 Å². The molecule has 0 radical (unpaired) electrons. The van der Waals surface area contributed by atoms with Crippen molar-refractivity contribution in [3.8, 4) is 0 Å². The SMILES string of the molecule is CCC(CC)N(CCCl)c1ccnc2cc(Br)cnc12. The zero-order chi connectivity index (χ0) is 14.5. The topological polar surface area (TPSA) is 29.0 Å². The number of halogens is 2. The van der Waals surface area contributed by atoms with Gasteiger partial charge in [-0.1, -0.05) is 13.8 Å². The average Bonchev–Trinajstić information content (AvgIpc) is 2.46. The van der Waals surface area contributed by atoms with Crippen molar-refractivity contribution in [1.29, 1.82) is 0 Å². The first-order chi connectivity index (χ1) is 9.71. The van der Waals surface area contributed by atoms with Gasteiger partial charge in [0.15, 0.2) is 0 Å². The summed E-state index contributed by atoms with van der Waals surface area (Å²) in [7, 11) is 0. The Morgan fingerprint density at radius 3 is 2.70 bits per heavy atom. The molecule has 0 aliphatic rings. The van der Waals surface area contributed by atoms with Gasteiger partial charge in [0, 0.05) is 35.3 Å². The van der Waals surface area contributed by atoms with E-state index in [-0.39, 0.29) is 0 Å². The lowest BCUT2D eigenvalue weighted by molar-refractivity contribution is 0.568. The maximum atomic E-state index is 6.00. The fraction of sp³-hybridized carbons (Fsp3) is 0.467. The van der Waals surface area contributed by atoms with E-state index in [1.54, 1.807) is 0 Å². The molecule has 0 aliphatic heterocycles. The van der Waals surface area contributed by atoms with Crippen LogP contribution in [0.2, 0.25) is 0 Å². The molecule has 2 rings (SSSR count). The van der Waals surface area contributed by atoms with Gasteiger partial charge in [-0.25, -0.2) is 0 Å². The monoisotopic (exact) mass is 355 g/mol. The highest BCUT2D eigenvalue weighted by Gasteiger charge is 2.18. The Morgan fingerprint density at radius 2 is 2.05 bits per heavy atom. The molecule has 0 unspecified atom stereocenters. The van der Waals surface area contributed by atoms with Gasteiger partial charge < -0.3 is 4.90 Å². The van der Waals surface area contributed by atoms with Crippen molar-refractivity contribution in [2.45, 2.75) is 32.7 Å². The molecule has 0 aromatic carbocycles. The lowest BCUT2D eigenvalue weighted by atomic mass is 10.1. The molecule has 20 heavy (non-hydrogen) atoms. The van der Waals surface area contributed by atoms with Crippen molar-refractivity contribution in [3.05, 3.63) is 29.0 Å². The number of hydrogen-bond donors (Lipinski definition) is 0. The summed E-state index contributed by atoms with van der Waals surface area (Å²) in [5.41, 5.74) is 2.96. The third-order valence-electron chi connectivity index (χ3n) is 3.54. The number of rotatable bonds is 6. The zero-order valence-electron chi connectivity index (χ0n) is 11.8. The molecular weight excluding hydrogens is 338 g/mol. The standard InChI is InChI=1S/C15H19BrClN3/c1-3-12(4-2)20(8-6-17)14-5-7-18-13-9-11(16)10-19-15(13)14/h5,7,9-10,12H,3-4,6,8H2,1-2H3. The van der Waals surface area contributed by atoms with Crippen LogP contribution in [0.25, 0.3) is 11.0 Å². The molecule has 0 N–H and O–H groups in total. The molecule has 2 heterocycles. The van der Waals surface area contributed by atoms with Crippen LogP contribution in [-0.4, -0.2) is 28.4 Å². The van der Waals surface area contributed by atoms with Gasteiger partial charge in [0.25, 0.3) is 0 Å². The van der Waals surface area contributed by atoms with Crippen LogP contribution < -0.4 is 4.90 Å². The number of alkyl halides is 1. The Morgan fingerprint density at radius 1 is 1.30 bits per heavy atom. The summed E-state index contributed by atoms with van der Waals surface area (Å²) in [6.07, 6.45) is 5.84. The Bertz CT molecular complexity index is 572. The Kier molecular flexibility index (Phi) is 5.61. The fourth-order valence-electron chi connectivity index (χ4n) is 2.54. The molecule has 0 atom stereocenters. The predicted octanol–water partition coefficient (Wildman–Crippen LogP) is 4.63. The van der Waals surface area contributed by atoms with Gasteiger partial charge >= 0.3 is 0 Å². The minimum atomic E-state index is 0.477. The maximum absolute atomic E-state index is 6.00. The second-order valence-corrected chi connectivity index (χ2v) is 6.00. The van der Waals surface area contributed by atoms with Crippen LogP contribution in [-0.2, 0) is 0 Å². The normalized spacial score (nSPS) is 11.2. The Hall–Kier alpha value is -0.870. The quantitative estimate of drug-likeness (QED) is 0.707. The third kappa shape index (κ3) is 3.23. The van der Waals surface area contributed by atoms with Crippen LogP contribution >= 0.6 is 27.5 Å². The van der Waals surface area contributed by atoms with Crippen LogP contribution in [0.4, 0.5) is 5.69 Å². The summed E-state index contributed by atoms with van der Waals surface area (Å²) in [5.74, 6) is 0.608. The van der Waals surface area contributed by atoms with Gasteiger partial charge in [0.05, 0.1) is 11.2 Å². The van der Waals surface area contributed by atoms with E-state index in [4.69, 9.17) is 11.6 Å². The summed E-state index contributed by atoms with van der Waals surface area (Å²) < 4.78 is 0.945. The average molecular weight is 357 g/mol. The van der Waals surface area contributed by atoms with Crippen molar-refractivity contribution in [2.24, 2.45) is 0 Å². The number of hydrogen-bond acceptors (Lipinski definition) is 3. The molecule has 108 valence electrons. The lowest BCUT2D eigenvalue weighted by Crippen LogP contribution is -2.36. The summed E-state index contributed by atoms with van der Waals surface area (Å²) in [5, 5.41) is 0. The van der Waals surface area contributed by atoms with Crippen molar-refractivity contribution >= 4 is 44.3 Å². The zero-order valence-corrected chi connectivity index (χ0v) is 14.2. The predicted molar refractivity (Wildman–Crippen MR) is 89.7 cm³/mol. The lowest BCUT2D eigenvalue weighted by Gasteiger charge is -2.32. The Balaban J connectivity index is 2.52. The third-order valence-corrected chi connectivity index (χ3v) is 4.14. The summed E-state index contributed by atoms with van der Waals surface area (Å²) in [4.78, 5) is 11.3. The summed E-state index contributed by atoms with van der Waals surface area (Å²) >= 11 is 9.44. The van der Waals surface area contributed by atoms with Gasteiger partial charge in [-0.2, -0.15) is 0 Å². The molecule has 0 bridgehead atoms. The van der Waals surface area contributed by atoms with Gasteiger partial charge in [-0.05, 0) is 40.9 Å². The second-order valence-electron chi connectivity index (χ2n) is 4.70. The first-order valence-corrected chi connectivity index (χ1v) is 8.26. The molecule has 2 aromatic rings. The molecule has 0 amide bonds. The molecule has 0 spiro atoms. The van der Waals surface area contributed by atoms with E-state index in [2.05, 4.69) is 44.6 Å². The smallest absolute Gasteiger partial charge is 0.112 e. The van der Waals surface area contributed by atoms with E-state index in [1.807, 2.05) is 24.5 Å². The van der Waals surface area contributed by atoms with Crippen LogP contribution in [0, 0.1) is 0 Å². The molecule has 0 fully saturated rings. The molecule has 0 saturated carbocycles. The molecule has 5 heteroatoms. The van der Waals surface area contributed by atoms with E-state index in [0.717, 1.165) is 40.6 Å². The van der Waals surface area contributed by atoms with Crippen LogP contribution in [0.3, 0.4) is 0 Å². The fourth-order valence-corrected chi connectivity index (χ4v) is 3.04. The number of pyridine rings is 2. The number of anilines is 1. The molecule has 0 aliphatic carbocycles. The summed E-state index contributed by atoms with van der Waals surface area (Å²) in [6, 6.07) is 4.51. The number of nitrogens with zero attached hydrogens (tertiary/aromatic N) is 3. The number of aromatic nitrogens is 2. The minimum Gasteiger partial charge on any atom is -0.366 e. The minimum absolute atomic E-state index is 0.477. The van der Waals surface area contributed by atoms with Gasteiger partial charge in [-0.15, -0.1) is 11.6 Å². The molecule has 0 saturated heterocycles. The van der Waals surface area contributed by atoms with E-state index in [1.165, 1.54) is 0 Å².